The highest BCUT2D eigenvalue weighted by molar-refractivity contribution is 5.79. The molecule has 0 saturated heterocycles. The number of hydrogen-bond acceptors (Lipinski definition) is 4. The molecule has 0 saturated carbocycles. The van der Waals surface area contributed by atoms with Crippen molar-refractivity contribution < 1.29 is 14.2 Å². The molecule has 0 bridgehead atoms. The highest BCUT2D eigenvalue weighted by atomic mass is 16.7. The zero-order valence-electron chi connectivity index (χ0n) is 16.0. The topological polar surface area (TPSA) is 64.1 Å². The average Bonchev–Trinajstić information content (AvgIpc) is 3.17. The van der Waals surface area contributed by atoms with E-state index in [0.29, 0.717) is 19.7 Å². The number of nitrogens with zero attached hydrogens (tertiary/aromatic N) is 1. The maximum Gasteiger partial charge on any atom is 0.231 e. The summed E-state index contributed by atoms with van der Waals surface area (Å²) in [5, 5.41) is 6.70. The van der Waals surface area contributed by atoms with Crippen LogP contribution in [0.15, 0.2) is 47.5 Å². The van der Waals surface area contributed by atoms with Gasteiger partial charge in [0, 0.05) is 26.7 Å². The number of aliphatic imine (C=N–C) groups is 1. The fourth-order valence-electron chi connectivity index (χ4n) is 2.83. The predicted octanol–water partition coefficient (Wildman–Crippen LogP) is 3.21. The summed E-state index contributed by atoms with van der Waals surface area (Å²) in [5.74, 6) is 2.33. The van der Waals surface area contributed by atoms with Gasteiger partial charge < -0.3 is 24.8 Å². The van der Waals surface area contributed by atoms with Gasteiger partial charge in [-0.05, 0) is 35.2 Å². The van der Waals surface area contributed by atoms with E-state index in [1.807, 2.05) is 30.3 Å². The molecule has 2 aromatic carbocycles. The normalized spacial score (nSPS) is 12.9. The van der Waals surface area contributed by atoms with E-state index >= 15 is 0 Å². The molecule has 0 atom stereocenters. The Morgan fingerprint density at radius 1 is 1.04 bits per heavy atom. The third kappa shape index (κ3) is 5.37. The molecule has 0 radical (unpaired) electrons. The molecule has 3 rings (SSSR count). The first-order chi connectivity index (χ1) is 13.3. The molecule has 1 heterocycles. The van der Waals surface area contributed by atoms with Crippen molar-refractivity contribution in [3.05, 3.63) is 59.2 Å². The Labute approximate surface area is 160 Å². The maximum atomic E-state index is 5.69. The lowest BCUT2D eigenvalue weighted by Gasteiger charge is -2.14. The summed E-state index contributed by atoms with van der Waals surface area (Å²) in [4.78, 5) is 4.30. The van der Waals surface area contributed by atoms with Crippen molar-refractivity contribution in [1.29, 1.82) is 0 Å². The number of nitrogens with one attached hydrogen (secondary N) is 2. The molecule has 1 aliphatic heterocycles. The Kier molecular flexibility index (Phi) is 6.93. The predicted molar refractivity (Wildman–Crippen MR) is 106 cm³/mol. The molecule has 0 spiro atoms. The standard InChI is InChI=1S/C21H27N3O3/c1-3-10-25-14-18-7-5-4-6-17(18)13-24-21(22-2)23-12-16-8-9-19-20(11-16)27-15-26-19/h4-9,11H,3,10,12-15H2,1-2H3,(H2,22,23,24). The van der Waals surface area contributed by atoms with E-state index in [4.69, 9.17) is 14.2 Å². The molecule has 144 valence electrons. The fraction of sp³-hybridized carbons (Fsp3) is 0.381. The Balaban J connectivity index is 1.52. The van der Waals surface area contributed by atoms with Crippen LogP contribution in [-0.2, 0) is 24.4 Å². The largest absolute Gasteiger partial charge is 0.454 e. The number of hydrogen-bond donors (Lipinski definition) is 2. The minimum absolute atomic E-state index is 0.289. The zero-order valence-corrected chi connectivity index (χ0v) is 16.0. The highest BCUT2D eigenvalue weighted by Gasteiger charge is 2.13. The van der Waals surface area contributed by atoms with Gasteiger partial charge in [-0.2, -0.15) is 0 Å². The molecule has 0 aliphatic carbocycles. The Morgan fingerprint density at radius 2 is 1.81 bits per heavy atom. The van der Waals surface area contributed by atoms with Crippen LogP contribution in [0.4, 0.5) is 0 Å². The van der Waals surface area contributed by atoms with Gasteiger partial charge in [0.2, 0.25) is 6.79 Å². The number of benzene rings is 2. The number of rotatable bonds is 8. The molecule has 6 nitrogen and oxygen atoms in total. The summed E-state index contributed by atoms with van der Waals surface area (Å²) >= 11 is 0. The average molecular weight is 369 g/mol. The molecule has 6 heteroatoms. The van der Waals surface area contributed by atoms with Crippen molar-refractivity contribution in [2.75, 3.05) is 20.4 Å². The van der Waals surface area contributed by atoms with Gasteiger partial charge in [0.1, 0.15) is 0 Å². The zero-order chi connectivity index (χ0) is 18.9. The third-order valence-electron chi connectivity index (χ3n) is 4.29. The molecule has 0 fully saturated rings. The van der Waals surface area contributed by atoms with Crippen molar-refractivity contribution in [3.8, 4) is 11.5 Å². The second-order valence-electron chi connectivity index (χ2n) is 6.29. The number of ether oxygens (including phenoxy) is 3. The summed E-state index contributed by atoms with van der Waals surface area (Å²) in [5.41, 5.74) is 3.51. The molecule has 0 unspecified atom stereocenters. The summed E-state index contributed by atoms with van der Waals surface area (Å²) in [6, 6.07) is 14.3. The van der Waals surface area contributed by atoms with Crippen LogP contribution in [0, 0.1) is 0 Å². The van der Waals surface area contributed by atoms with Crippen LogP contribution in [0.3, 0.4) is 0 Å². The monoisotopic (exact) mass is 369 g/mol. The minimum Gasteiger partial charge on any atom is -0.454 e. The Hall–Kier alpha value is -2.73. The fourth-order valence-corrected chi connectivity index (χ4v) is 2.83. The van der Waals surface area contributed by atoms with E-state index in [0.717, 1.165) is 36.0 Å². The molecule has 2 aromatic rings. The van der Waals surface area contributed by atoms with Gasteiger partial charge in [-0.25, -0.2) is 0 Å². The van der Waals surface area contributed by atoms with E-state index in [-0.39, 0.29) is 6.79 Å². The third-order valence-corrected chi connectivity index (χ3v) is 4.29. The van der Waals surface area contributed by atoms with Gasteiger partial charge in [0.15, 0.2) is 17.5 Å². The van der Waals surface area contributed by atoms with Crippen molar-refractivity contribution in [2.45, 2.75) is 33.0 Å². The van der Waals surface area contributed by atoms with Gasteiger partial charge in [-0.3, -0.25) is 4.99 Å². The van der Waals surface area contributed by atoms with Crippen LogP contribution in [0.5, 0.6) is 11.5 Å². The van der Waals surface area contributed by atoms with Gasteiger partial charge in [-0.1, -0.05) is 37.3 Å². The number of fused-ring (bicyclic) bond motifs is 1. The van der Waals surface area contributed by atoms with Crippen molar-refractivity contribution in [2.24, 2.45) is 4.99 Å². The van der Waals surface area contributed by atoms with E-state index in [2.05, 4.69) is 34.7 Å². The van der Waals surface area contributed by atoms with Crippen molar-refractivity contribution in [3.63, 3.8) is 0 Å². The van der Waals surface area contributed by atoms with Gasteiger partial charge in [-0.15, -0.1) is 0 Å². The molecule has 1 aliphatic rings. The van der Waals surface area contributed by atoms with Crippen LogP contribution in [0.25, 0.3) is 0 Å². The Bertz CT molecular complexity index is 777. The lowest BCUT2D eigenvalue weighted by atomic mass is 10.1. The van der Waals surface area contributed by atoms with E-state index in [1.165, 1.54) is 11.1 Å². The molecule has 27 heavy (non-hydrogen) atoms. The first kappa shape index (κ1) is 19.0. The van der Waals surface area contributed by atoms with Crippen LogP contribution in [0.1, 0.15) is 30.0 Å². The first-order valence-electron chi connectivity index (χ1n) is 9.27. The van der Waals surface area contributed by atoms with Crippen molar-refractivity contribution in [1.82, 2.24) is 10.6 Å². The quantitative estimate of drug-likeness (QED) is 0.425. The van der Waals surface area contributed by atoms with Crippen molar-refractivity contribution >= 4 is 5.96 Å². The van der Waals surface area contributed by atoms with Gasteiger partial charge >= 0.3 is 0 Å². The molecule has 2 N–H and O–H groups in total. The SMILES string of the molecule is CCCOCc1ccccc1CNC(=NC)NCc1ccc2c(c1)OCO2. The Morgan fingerprint density at radius 3 is 2.63 bits per heavy atom. The lowest BCUT2D eigenvalue weighted by Crippen LogP contribution is -2.36. The second kappa shape index (κ2) is 9.83. The van der Waals surface area contributed by atoms with Gasteiger partial charge in [0.05, 0.1) is 6.61 Å². The van der Waals surface area contributed by atoms with E-state index in [1.54, 1.807) is 7.05 Å². The first-order valence-corrected chi connectivity index (χ1v) is 9.27. The molecular weight excluding hydrogens is 342 g/mol. The maximum absolute atomic E-state index is 5.69. The molecule has 0 amide bonds. The second-order valence-corrected chi connectivity index (χ2v) is 6.29. The summed E-state index contributed by atoms with van der Waals surface area (Å²) in [6.45, 7) is 5.15. The van der Waals surface area contributed by atoms with Crippen LogP contribution < -0.4 is 20.1 Å². The van der Waals surface area contributed by atoms with Crippen LogP contribution in [-0.4, -0.2) is 26.4 Å². The van der Waals surface area contributed by atoms with E-state index < -0.39 is 0 Å². The smallest absolute Gasteiger partial charge is 0.231 e. The summed E-state index contributed by atoms with van der Waals surface area (Å²) in [6.07, 6.45) is 1.02. The van der Waals surface area contributed by atoms with Crippen LogP contribution >= 0.6 is 0 Å². The summed E-state index contributed by atoms with van der Waals surface area (Å²) < 4.78 is 16.5. The summed E-state index contributed by atoms with van der Waals surface area (Å²) in [7, 11) is 1.77. The molecule has 0 aromatic heterocycles. The van der Waals surface area contributed by atoms with Crippen LogP contribution in [0.2, 0.25) is 0 Å². The lowest BCUT2D eigenvalue weighted by molar-refractivity contribution is 0.121. The minimum atomic E-state index is 0.289. The van der Waals surface area contributed by atoms with E-state index in [9.17, 15) is 0 Å². The molecular formula is C21H27N3O3. The van der Waals surface area contributed by atoms with Gasteiger partial charge in [0.25, 0.3) is 0 Å². The highest BCUT2D eigenvalue weighted by Crippen LogP contribution is 2.32. The number of guanidine groups is 1.